The van der Waals surface area contributed by atoms with Crippen LogP contribution in [0.5, 0.6) is 0 Å². The number of ether oxygens (including phenoxy) is 1. The van der Waals surface area contributed by atoms with E-state index in [0.717, 1.165) is 11.9 Å². The first-order chi connectivity index (χ1) is 9.08. The molecule has 0 saturated carbocycles. The smallest absolute Gasteiger partial charge is 0.341 e. The fourth-order valence-corrected chi connectivity index (χ4v) is 1.65. The number of anilines is 1. The summed E-state index contributed by atoms with van der Waals surface area (Å²) in [5.41, 5.74) is 5.56. The molecule has 0 amide bonds. The number of hydrogen-bond donors (Lipinski definition) is 1. The van der Waals surface area contributed by atoms with Crippen molar-refractivity contribution in [1.29, 1.82) is 0 Å². The topological polar surface area (TPSA) is 70.1 Å². The van der Waals surface area contributed by atoms with Crippen molar-refractivity contribution < 1.29 is 13.9 Å². The first-order valence-electron chi connectivity index (χ1n) is 5.78. The van der Waals surface area contributed by atoms with Crippen LogP contribution in [0.25, 0.3) is 0 Å². The number of imidazole rings is 1. The highest BCUT2D eigenvalue weighted by atomic mass is 19.1. The second-order valence-corrected chi connectivity index (χ2v) is 4.04. The molecule has 0 spiro atoms. The minimum Gasteiger partial charge on any atom is -0.460 e. The van der Waals surface area contributed by atoms with Crippen molar-refractivity contribution in [2.24, 2.45) is 0 Å². The van der Waals surface area contributed by atoms with Gasteiger partial charge in [-0.1, -0.05) is 0 Å². The maximum absolute atomic E-state index is 13.5. The standard InChI is InChI=1S/C13H14FN3O2/c1-9-16-4-5-17(9)6-7-19-13(18)11-3-2-10(15)8-12(11)14/h2-5,8H,6-7,15H2,1H3. The highest BCUT2D eigenvalue weighted by molar-refractivity contribution is 5.90. The Bertz CT molecular complexity index is 595. The summed E-state index contributed by atoms with van der Waals surface area (Å²) in [5.74, 6) is -0.547. The number of carbonyl (C=O) groups excluding carboxylic acids is 1. The van der Waals surface area contributed by atoms with E-state index >= 15 is 0 Å². The van der Waals surface area contributed by atoms with Gasteiger partial charge in [0.05, 0.1) is 12.1 Å². The lowest BCUT2D eigenvalue weighted by molar-refractivity contribution is 0.0485. The minimum absolute atomic E-state index is 0.114. The number of benzene rings is 1. The molecule has 0 atom stereocenters. The van der Waals surface area contributed by atoms with Gasteiger partial charge in [0.15, 0.2) is 0 Å². The van der Waals surface area contributed by atoms with Gasteiger partial charge in [-0.25, -0.2) is 14.2 Å². The van der Waals surface area contributed by atoms with Crippen molar-refractivity contribution in [2.75, 3.05) is 12.3 Å². The molecule has 0 bridgehead atoms. The molecule has 1 aromatic carbocycles. The van der Waals surface area contributed by atoms with E-state index in [0.29, 0.717) is 6.54 Å². The first kappa shape index (κ1) is 13.1. The lowest BCUT2D eigenvalue weighted by atomic mass is 10.2. The van der Waals surface area contributed by atoms with Crippen molar-refractivity contribution in [3.63, 3.8) is 0 Å². The summed E-state index contributed by atoms with van der Waals surface area (Å²) in [5, 5.41) is 0. The number of hydrogen-bond acceptors (Lipinski definition) is 4. The minimum atomic E-state index is -0.699. The summed E-state index contributed by atoms with van der Waals surface area (Å²) in [6.45, 7) is 2.48. The highest BCUT2D eigenvalue weighted by Crippen LogP contribution is 2.12. The van der Waals surface area contributed by atoms with E-state index in [1.54, 1.807) is 12.4 Å². The zero-order valence-electron chi connectivity index (χ0n) is 10.5. The lowest BCUT2D eigenvalue weighted by Gasteiger charge is -2.07. The molecule has 6 heteroatoms. The van der Waals surface area contributed by atoms with Crippen LogP contribution in [-0.2, 0) is 11.3 Å². The summed E-state index contributed by atoms with van der Waals surface area (Å²) >= 11 is 0. The van der Waals surface area contributed by atoms with Gasteiger partial charge in [-0.15, -0.1) is 0 Å². The SMILES string of the molecule is Cc1nccn1CCOC(=O)c1ccc(N)cc1F. The maximum Gasteiger partial charge on any atom is 0.341 e. The average Bonchev–Trinajstić information content (AvgIpc) is 2.75. The van der Waals surface area contributed by atoms with Gasteiger partial charge in [0.1, 0.15) is 18.2 Å². The van der Waals surface area contributed by atoms with Gasteiger partial charge < -0.3 is 15.0 Å². The number of aryl methyl sites for hydroxylation is 1. The van der Waals surface area contributed by atoms with Gasteiger partial charge >= 0.3 is 5.97 Å². The van der Waals surface area contributed by atoms with Crippen LogP contribution in [-0.4, -0.2) is 22.1 Å². The van der Waals surface area contributed by atoms with E-state index in [2.05, 4.69) is 4.98 Å². The third-order valence-electron chi connectivity index (χ3n) is 2.70. The zero-order valence-corrected chi connectivity index (χ0v) is 10.5. The second-order valence-electron chi connectivity index (χ2n) is 4.04. The quantitative estimate of drug-likeness (QED) is 0.674. The van der Waals surface area contributed by atoms with Crippen molar-refractivity contribution in [2.45, 2.75) is 13.5 Å². The average molecular weight is 263 g/mol. The first-order valence-corrected chi connectivity index (χ1v) is 5.78. The molecule has 2 N–H and O–H groups in total. The number of rotatable bonds is 4. The Kier molecular flexibility index (Phi) is 3.79. The molecule has 0 saturated heterocycles. The van der Waals surface area contributed by atoms with Crippen LogP contribution < -0.4 is 5.73 Å². The predicted molar refractivity (Wildman–Crippen MR) is 68.1 cm³/mol. The largest absolute Gasteiger partial charge is 0.460 e. The lowest BCUT2D eigenvalue weighted by Crippen LogP contribution is -2.13. The Morgan fingerprint density at radius 1 is 1.53 bits per heavy atom. The number of nitrogens with two attached hydrogens (primary N) is 1. The van der Waals surface area contributed by atoms with E-state index in [1.165, 1.54) is 12.1 Å². The molecule has 0 aliphatic heterocycles. The van der Waals surface area contributed by atoms with E-state index in [-0.39, 0.29) is 17.9 Å². The Balaban J connectivity index is 1.93. The summed E-state index contributed by atoms with van der Waals surface area (Å²) < 4.78 is 20.3. The van der Waals surface area contributed by atoms with E-state index in [9.17, 15) is 9.18 Å². The molecule has 1 heterocycles. The fraction of sp³-hybridized carbons (Fsp3) is 0.231. The van der Waals surface area contributed by atoms with Crippen molar-refractivity contribution in [1.82, 2.24) is 9.55 Å². The molecule has 0 radical (unpaired) electrons. The van der Waals surface area contributed by atoms with Crippen molar-refractivity contribution in [3.05, 3.63) is 47.8 Å². The Labute approximate surface area is 109 Å². The highest BCUT2D eigenvalue weighted by Gasteiger charge is 2.13. The molecule has 2 aromatic rings. The molecular weight excluding hydrogens is 249 g/mol. The number of carbonyl (C=O) groups is 1. The molecule has 0 aliphatic rings. The molecule has 0 unspecified atom stereocenters. The Morgan fingerprint density at radius 3 is 2.95 bits per heavy atom. The molecule has 0 fully saturated rings. The Morgan fingerprint density at radius 2 is 2.32 bits per heavy atom. The number of nitrogens with zero attached hydrogens (tertiary/aromatic N) is 2. The van der Waals surface area contributed by atoms with Crippen molar-refractivity contribution in [3.8, 4) is 0 Å². The summed E-state index contributed by atoms with van der Waals surface area (Å²) in [6, 6.07) is 3.87. The van der Waals surface area contributed by atoms with Gasteiger partial charge in [0, 0.05) is 18.1 Å². The van der Waals surface area contributed by atoms with Gasteiger partial charge in [0.25, 0.3) is 0 Å². The molecule has 2 rings (SSSR count). The molecule has 19 heavy (non-hydrogen) atoms. The van der Waals surface area contributed by atoms with Crippen LogP contribution in [0, 0.1) is 12.7 Å². The number of aromatic nitrogens is 2. The third kappa shape index (κ3) is 3.09. The van der Waals surface area contributed by atoms with Crippen LogP contribution >= 0.6 is 0 Å². The van der Waals surface area contributed by atoms with Crippen molar-refractivity contribution >= 4 is 11.7 Å². The van der Waals surface area contributed by atoms with E-state index < -0.39 is 11.8 Å². The number of nitrogen functional groups attached to an aromatic ring is 1. The summed E-state index contributed by atoms with van der Waals surface area (Å²) in [4.78, 5) is 15.7. The molecule has 100 valence electrons. The third-order valence-corrected chi connectivity index (χ3v) is 2.70. The van der Waals surface area contributed by atoms with Gasteiger partial charge in [-0.2, -0.15) is 0 Å². The maximum atomic E-state index is 13.5. The van der Waals surface area contributed by atoms with Gasteiger partial charge in [-0.3, -0.25) is 0 Å². The zero-order chi connectivity index (χ0) is 13.8. The van der Waals surface area contributed by atoms with Crippen LogP contribution in [0.2, 0.25) is 0 Å². The van der Waals surface area contributed by atoms with Gasteiger partial charge in [0.2, 0.25) is 0 Å². The normalized spacial score (nSPS) is 10.4. The van der Waals surface area contributed by atoms with Gasteiger partial charge in [-0.05, 0) is 25.1 Å². The number of halogens is 1. The second kappa shape index (κ2) is 5.51. The molecule has 1 aromatic heterocycles. The fourth-order valence-electron chi connectivity index (χ4n) is 1.65. The van der Waals surface area contributed by atoms with E-state index in [1.807, 2.05) is 11.5 Å². The van der Waals surface area contributed by atoms with Crippen LogP contribution in [0.4, 0.5) is 10.1 Å². The number of esters is 1. The Hall–Kier alpha value is -2.37. The monoisotopic (exact) mass is 263 g/mol. The van der Waals surface area contributed by atoms with Crippen LogP contribution in [0.1, 0.15) is 16.2 Å². The summed E-state index contributed by atoms with van der Waals surface area (Å²) in [6.07, 6.45) is 3.45. The van der Waals surface area contributed by atoms with Crippen LogP contribution in [0.15, 0.2) is 30.6 Å². The summed E-state index contributed by atoms with van der Waals surface area (Å²) in [7, 11) is 0. The van der Waals surface area contributed by atoms with Crippen LogP contribution in [0.3, 0.4) is 0 Å². The molecule has 0 aliphatic carbocycles. The van der Waals surface area contributed by atoms with E-state index in [4.69, 9.17) is 10.5 Å². The predicted octanol–water partition coefficient (Wildman–Crippen LogP) is 1.77. The molecule has 5 nitrogen and oxygen atoms in total. The molecular formula is C13H14FN3O2.